The lowest BCUT2D eigenvalue weighted by atomic mass is 10.1. The Morgan fingerprint density at radius 1 is 1.14 bits per heavy atom. The fourth-order valence-electron chi connectivity index (χ4n) is 1.78. The largest absolute Gasteiger partial charge is 0.494 e. The van der Waals surface area contributed by atoms with Gasteiger partial charge in [0.2, 0.25) is 5.78 Å². The van der Waals surface area contributed by atoms with Crippen molar-refractivity contribution in [2.24, 2.45) is 0 Å². The zero-order valence-electron chi connectivity index (χ0n) is 13.2. The SMILES string of the molecule is CCOc1ccc(OCC)c(C(=O)C(F)C(=O)OC(C)C)c1. The summed E-state index contributed by atoms with van der Waals surface area (Å²) in [6.45, 7) is 7.39. The molecule has 0 N–H and O–H groups in total. The van der Waals surface area contributed by atoms with Gasteiger partial charge in [0, 0.05) is 0 Å². The molecule has 0 aromatic heterocycles. The molecule has 0 saturated carbocycles. The number of carbonyl (C=O) groups is 2. The third-order valence-corrected chi connectivity index (χ3v) is 2.62. The van der Waals surface area contributed by atoms with Gasteiger partial charge < -0.3 is 14.2 Å². The molecule has 1 aromatic carbocycles. The lowest BCUT2D eigenvalue weighted by Crippen LogP contribution is -2.30. The van der Waals surface area contributed by atoms with Crippen molar-refractivity contribution in [1.82, 2.24) is 0 Å². The Bertz CT molecular complexity index is 527. The maximum Gasteiger partial charge on any atom is 0.349 e. The molecule has 1 unspecified atom stereocenters. The van der Waals surface area contributed by atoms with Crippen molar-refractivity contribution >= 4 is 11.8 Å². The van der Waals surface area contributed by atoms with Crippen LogP contribution in [0.1, 0.15) is 38.1 Å². The number of hydrogen-bond acceptors (Lipinski definition) is 5. The minimum Gasteiger partial charge on any atom is -0.494 e. The molecule has 22 heavy (non-hydrogen) atoms. The van der Waals surface area contributed by atoms with Gasteiger partial charge in [0.15, 0.2) is 0 Å². The van der Waals surface area contributed by atoms with Crippen LogP contribution in [0.5, 0.6) is 11.5 Å². The molecule has 5 nitrogen and oxygen atoms in total. The van der Waals surface area contributed by atoms with E-state index in [1.807, 2.05) is 0 Å². The Hall–Kier alpha value is -2.11. The highest BCUT2D eigenvalue weighted by molar-refractivity contribution is 6.12. The number of rotatable bonds is 8. The van der Waals surface area contributed by atoms with Gasteiger partial charge in [-0.15, -0.1) is 0 Å². The van der Waals surface area contributed by atoms with Crippen LogP contribution in [0.4, 0.5) is 4.39 Å². The number of alkyl halides is 1. The Labute approximate surface area is 129 Å². The number of esters is 1. The number of hydrogen-bond donors (Lipinski definition) is 0. The second kappa shape index (κ2) is 8.36. The molecule has 0 fully saturated rings. The molecule has 122 valence electrons. The molecule has 0 amide bonds. The quantitative estimate of drug-likeness (QED) is 0.419. The van der Waals surface area contributed by atoms with E-state index >= 15 is 0 Å². The summed E-state index contributed by atoms with van der Waals surface area (Å²) < 4.78 is 29.4. The number of ether oxygens (including phenoxy) is 3. The maximum absolute atomic E-state index is 14.1. The van der Waals surface area contributed by atoms with Gasteiger partial charge in [-0.25, -0.2) is 9.18 Å². The van der Waals surface area contributed by atoms with E-state index in [9.17, 15) is 14.0 Å². The molecule has 0 aliphatic rings. The van der Waals surface area contributed by atoms with Crippen LogP contribution in [0.25, 0.3) is 0 Å². The molecule has 1 aromatic rings. The highest BCUT2D eigenvalue weighted by Gasteiger charge is 2.31. The molecule has 1 rings (SSSR count). The summed E-state index contributed by atoms with van der Waals surface area (Å²) in [5.74, 6) is -1.60. The van der Waals surface area contributed by atoms with E-state index in [-0.39, 0.29) is 11.3 Å². The van der Waals surface area contributed by atoms with Crippen LogP contribution >= 0.6 is 0 Å². The number of benzene rings is 1. The number of ketones is 1. The lowest BCUT2D eigenvalue weighted by molar-refractivity contribution is -0.151. The lowest BCUT2D eigenvalue weighted by Gasteiger charge is -2.14. The summed E-state index contributed by atoms with van der Waals surface area (Å²) >= 11 is 0. The molecular formula is C16H21FO5. The summed E-state index contributed by atoms with van der Waals surface area (Å²) in [6.07, 6.45) is -2.89. The topological polar surface area (TPSA) is 61.8 Å². The molecule has 0 saturated heterocycles. The predicted molar refractivity (Wildman–Crippen MR) is 79.2 cm³/mol. The van der Waals surface area contributed by atoms with Crippen LogP contribution in [-0.2, 0) is 9.53 Å². The molecule has 0 aliphatic heterocycles. The first-order chi connectivity index (χ1) is 10.4. The first kappa shape index (κ1) is 17.9. The van der Waals surface area contributed by atoms with Gasteiger partial charge in [0.1, 0.15) is 11.5 Å². The Morgan fingerprint density at radius 3 is 2.32 bits per heavy atom. The third-order valence-electron chi connectivity index (χ3n) is 2.62. The minimum absolute atomic E-state index is 0.0407. The first-order valence-electron chi connectivity index (χ1n) is 7.19. The third kappa shape index (κ3) is 4.72. The predicted octanol–water partition coefficient (Wildman–Crippen LogP) is 2.96. The number of halogens is 1. The molecular weight excluding hydrogens is 291 g/mol. The van der Waals surface area contributed by atoms with E-state index in [1.165, 1.54) is 12.1 Å². The minimum atomic E-state index is -2.39. The first-order valence-corrected chi connectivity index (χ1v) is 7.19. The van der Waals surface area contributed by atoms with E-state index in [4.69, 9.17) is 14.2 Å². The van der Waals surface area contributed by atoms with Crippen molar-refractivity contribution < 1.29 is 28.2 Å². The maximum atomic E-state index is 14.1. The zero-order valence-corrected chi connectivity index (χ0v) is 13.2. The highest BCUT2D eigenvalue weighted by Crippen LogP contribution is 2.26. The average molecular weight is 312 g/mol. The Morgan fingerprint density at radius 2 is 1.77 bits per heavy atom. The monoisotopic (exact) mass is 312 g/mol. The van der Waals surface area contributed by atoms with Crippen molar-refractivity contribution in [3.05, 3.63) is 23.8 Å². The van der Waals surface area contributed by atoms with Crippen LogP contribution in [-0.4, -0.2) is 37.2 Å². The van der Waals surface area contributed by atoms with Gasteiger partial charge in [-0.05, 0) is 45.9 Å². The average Bonchev–Trinajstić information content (AvgIpc) is 2.47. The number of Topliss-reactive ketones (excluding diaryl/α,β-unsaturated/α-hetero) is 1. The fourth-order valence-corrected chi connectivity index (χ4v) is 1.78. The summed E-state index contributed by atoms with van der Waals surface area (Å²) in [5, 5.41) is 0. The van der Waals surface area contributed by atoms with Gasteiger partial charge in [0.05, 0.1) is 24.9 Å². The summed E-state index contributed by atoms with van der Waals surface area (Å²) in [4.78, 5) is 23.8. The van der Waals surface area contributed by atoms with Gasteiger partial charge >= 0.3 is 5.97 Å². The van der Waals surface area contributed by atoms with Crippen molar-refractivity contribution in [2.75, 3.05) is 13.2 Å². The molecule has 0 heterocycles. The fraction of sp³-hybridized carbons (Fsp3) is 0.500. The van der Waals surface area contributed by atoms with E-state index in [2.05, 4.69) is 0 Å². The highest BCUT2D eigenvalue weighted by atomic mass is 19.1. The molecule has 0 radical (unpaired) electrons. The van der Waals surface area contributed by atoms with E-state index < -0.39 is 24.0 Å². The van der Waals surface area contributed by atoms with E-state index in [0.717, 1.165) is 0 Å². The molecule has 0 spiro atoms. The second-order valence-electron chi connectivity index (χ2n) is 4.74. The molecule has 1 atom stereocenters. The van der Waals surface area contributed by atoms with E-state index in [0.29, 0.717) is 19.0 Å². The molecule has 0 bridgehead atoms. The summed E-state index contributed by atoms with van der Waals surface area (Å²) in [6, 6.07) is 4.50. The van der Waals surface area contributed by atoms with Crippen molar-refractivity contribution in [2.45, 2.75) is 40.0 Å². The van der Waals surface area contributed by atoms with Crippen LogP contribution in [0, 0.1) is 0 Å². The van der Waals surface area contributed by atoms with Gasteiger partial charge in [0.25, 0.3) is 6.17 Å². The van der Waals surface area contributed by atoms with Crippen molar-refractivity contribution in [3.63, 3.8) is 0 Å². The standard InChI is InChI=1S/C16H21FO5/c1-5-20-11-7-8-13(21-6-2)12(9-11)15(18)14(17)16(19)22-10(3)4/h7-10,14H,5-6H2,1-4H3. The van der Waals surface area contributed by atoms with Crippen LogP contribution in [0.2, 0.25) is 0 Å². The number of carbonyl (C=O) groups excluding carboxylic acids is 2. The van der Waals surface area contributed by atoms with Crippen molar-refractivity contribution in [3.8, 4) is 11.5 Å². The Balaban J connectivity index is 3.07. The van der Waals surface area contributed by atoms with Crippen molar-refractivity contribution in [1.29, 1.82) is 0 Å². The molecule has 0 aliphatic carbocycles. The smallest absolute Gasteiger partial charge is 0.349 e. The van der Waals surface area contributed by atoms with Gasteiger partial charge in [-0.3, -0.25) is 4.79 Å². The van der Waals surface area contributed by atoms with Crippen LogP contribution in [0.3, 0.4) is 0 Å². The molecule has 6 heteroatoms. The van der Waals surface area contributed by atoms with Crippen LogP contribution < -0.4 is 9.47 Å². The van der Waals surface area contributed by atoms with Gasteiger partial charge in [-0.1, -0.05) is 0 Å². The summed E-state index contributed by atoms with van der Waals surface area (Å²) in [7, 11) is 0. The van der Waals surface area contributed by atoms with Gasteiger partial charge in [-0.2, -0.15) is 0 Å². The van der Waals surface area contributed by atoms with Crippen LogP contribution in [0.15, 0.2) is 18.2 Å². The zero-order chi connectivity index (χ0) is 16.7. The Kier molecular flexibility index (Phi) is 6.82. The van der Waals surface area contributed by atoms with E-state index in [1.54, 1.807) is 33.8 Å². The normalized spacial score (nSPS) is 11.9. The summed E-state index contributed by atoms with van der Waals surface area (Å²) in [5.41, 5.74) is -0.0407. The second-order valence-corrected chi connectivity index (χ2v) is 4.74.